The third-order valence-corrected chi connectivity index (χ3v) is 6.08. The molecule has 1 saturated carbocycles. The highest BCUT2D eigenvalue weighted by Gasteiger charge is 2.62. The van der Waals surface area contributed by atoms with E-state index >= 15 is 0 Å². The lowest BCUT2D eigenvalue weighted by Crippen LogP contribution is -2.54. The van der Waals surface area contributed by atoms with Crippen LogP contribution in [0.1, 0.15) is 20.3 Å². The molecular formula is C14H22N4O2S. The fraction of sp³-hybridized carbons (Fsp3) is 0.786. The first-order valence-electron chi connectivity index (χ1n) is 7.23. The predicted molar refractivity (Wildman–Crippen MR) is 79.7 cm³/mol. The van der Waals surface area contributed by atoms with Gasteiger partial charge in [0.15, 0.2) is 5.16 Å². The molecule has 2 aliphatic rings. The average Bonchev–Trinajstić information content (AvgIpc) is 2.98. The number of thioether (sulfide) groups is 1. The lowest BCUT2D eigenvalue weighted by Gasteiger charge is -2.55. The summed E-state index contributed by atoms with van der Waals surface area (Å²) in [6.45, 7) is 6.10. The number of aryl methyl sites for hydroxylation is 1. The van der Waals surface area contributed by atoms with E-state index in [0.29, 0.717) is 18.2 Å². The van der Waals surface area contributed by atoms with E-state index in [2.05, 4.69) is 24.0 Å². The van der Waals surface area contributed by atoms with E-state index in [1.165, 1.54) is 11.8 Å². The summed E-state index contributed by atoms with van der Waals surface area (Å²) in [7, 11) is 1.87. The molecule has 0 spiro atoms. The van der Waals surface area contributed by atoms with E-state index in [4.69, 9.17) is 0 Å². The van der Waals surface area contributed by atoms with E-state index < -0.39 is 0 Å². The highest BCUT2D eigenvalue weighted by Crippen LogP contribution is 2.62. The van der Waals surface area contributed by atoms with Gasteiger partial charge < -0.3 is 14.6 Å². The number of likely N-dealkylation sites (tertiary alicyclic amines) is 1. The first-order chi connectivity index (χ1) is 9.88. The van der Waals surface area contributed by atoms with Crippen molar-refractivity contribution in [3.63, 3.8) is 0 Å². The summed E-state index contributed by atoms with van der Waals surface area (Å²) in [4.78, 5) is 14.3. The van der Waals surface area contributed by atoms with Crippen molar-refractivity contribution in [3.8, 4) is 0 Å². The van der Waals surface area contributed by atoms with E-state index in [-0.39, 0.29) is 23.3 Å². The fourth-order valence-electron chi connectivity index (χ4n) is 4.15. The summed E-state index contributed by atoms with van der Waals surface area (Å²) in [6.07, 6.45) is 2.63. The summed E-state index contributed by atoms with van der Waals surface area (Å²) in [5.74, 6) is 0.918. The number of aliphatic hydroxyl groups excluding tert-OH is 1. The maximum atomic E-state index is 12.4. The van der Waals surface area contributed by atoms with Crippen LogP contribution in [0.2, 0.25) is 0 Å². The first kappa shape index (κ1) is 14.8. The Morgan fingerprint density at radius 3 is 2.86 bits per heavy atom. The second-order valence-electron chi connectivity index (χ2n) is 7.03. The molecule has 21 heavy (non-hydrogen) atoms. The maximum Gasteiger partial charge on any atom is 0.233 e. The summed E-state index contributed by atoms with van der Waals surface area (Å²) >= 11 is 1.41. The van der Waals surface area contributed by atoms with Gasteiger partial charge in [-0.3, -0.25) is 4.79 Å². The Morgan fingerprint density at radius 2 is 2.33 bits per heavy atom. The van der Waals surface area contributed by atoms with Crippen LogP contribution in [0, 0.1) is 16.7 Å². The fourth-order valence-corrected chi connectivity index (χ4v) is 4.94. The van der Waals surface area contributed by atoms with Crippen molar-refractivity contribution in [3.05, 3.63) is 6.33 Å². The highest BCUT2D eigenvalue weighted by atomic mass is 32.2. The normalized spacial score (nSPS) is 30.1. The van der Waals surface area contributed by atoms with Gasteiger partial charge in [0.2, 0.25) is 5.91 Å². The van der Waals surface area contributed by atoms with Gasteiger partial charge in [0.25, 0.3) is 0 Å². The van der Waals surface area contributed by atoms with Crippen molar-refractivity contribution in [2.75, 3.05) is 25.4 Å². The van der Waals surface area contributed by atoms with Crippen LogP contribution in [-0.4, -0.2) is 56.1 Å². The van der Waals surface area contributed by atoms with Crippen LogP contribution in [0.4, 0.5) is 0 Å². The molecule has 0 unspecified atom stereocenters. The lowest BCUT2D eigenvalue weighted by atomic mass is 9.48. The number of hydrogen-bond donors (Lipinski definition) is 1. The Bertz CT molecular complexity index is 559. The molecule has 0 radical (unpaired) electrons. The first-order valence-corrected chi connectivity index (χ1v) is 8.22. The molecule has 6 nitrogen and oxygen atoms in total. The van der Waals surface area contributed by atoms with E-state index in [9.17, 15) is 9.90 Å². The zero-order valence-corrected chi connectivity index (χ0v) is 13.6. The molecule has 1 amide bonds. The van der Waals surface area contributed by atoms with Gasteiger partial charge in [0.1, 0.15) is 6.33 Å². The molecule has 3 rings (SSSR count). The lowest BCUT2D eigenvalue weighted by molar-refractivity contribution is -0.128. The second kappa shape index (κ2) is 4.98. The number of amides is 1. The Hall–Kier alpha value is -1.08. The van der Waals surface area contributed by atoms with E-state index in [0.717, 1.165) is 18.1 Å². The van der Waals surface area contributed by atoms with E-state index in [1.54, 1.807) is 6.33 Å². The molecule has 7 heteroatoms. The molecule has 2 fully saturated rings. The number of hydrogen-bond acceptors (Lipinski definition) is 5. The molecule has 1 saturated heterocycles. The maximum absolute atomic E-state index is 12.4. The number of carbonyl (C=O) groups excluding carboxylic acids is 1. The number of aromatic nitrogens is 3. The van der Waals surface area contributed by atoms with Gasteiger partial charge in [-0.15, -0.1) is 10.2 Å². The molecular weight excluding hydrogens is 288 g/mol. The molecule has 1 aromatic heterocycles. The molecule has 0 bridgehead atoms. The standard InChI is InChI=1S/C14H22N4O2S/c1-13(2)6-14(8-19)7-18(4-10(13)14)11(20)5-21-12-16-15-9-17(12)3/h9-10,19H,4-8H2,1-3H3/t10-,14-/m1/s1. The number of aliphatic hydroxyl groups is 1. The van der Waals surface area contributed by atoms with Crippen LogP contribution < -0.4 is 0 Å². The van der Waals surface area contributed by atoms with Gasteiger partial charge in [0, 0.05) is 25.6 Å². The van der Waals surface area contributed by atoms with Crippen LogP contribution in [0.15, 0.2) is 11.5 Å². The topological polar surface area (TPSA) is 71.2 Å². The number of rotatable bonds is 4. The average molecular weight is 310 g/mol. The Morgan fingerprint density at radius 1 is 1.57 bits per heavy atom. The molecule has 1 aromatic rings. The van der Waals surface area contributed by atoms with Crippen molar-refractivity contribution < 1.29 is 9.90 Å². The van der Waals surface area contributed by atoms with Gasteiger partial charge in [-0.2, -0.15) is 0 Å². The quantitative estimate of drug-likeness (QED) is 0.832. The van der Waals surface area contributed by atoms with Crippen molar-refractivity contribution >= 4 is 17.7 Å². The molecule has 1 aliphatic carbocycles. The van der Waals surface area contributed by atoms with Crippen molar-refractivity contribution in [1.82, 2.24) is 19.7 Å². The Balaban J connectivity index is 1.61. The smallest absolute Gasteiger partial charge is 0.233 e. The molecule has 2 heterocycles. The van der Waals surface area contributed by atoms with Crippen molar-refractivity contribution in [2.45, 2.75) is 25.4 Å². The van der Waals surface area contributed by atoms with Gasteiger partial charge in [-0.05, 0) is 17.8 Å². The van der Waals surface area contributed by atoms with Gasteiger partial charge in [0.05, 0.1) is 12.4 Å². The van der Waals surface area contributed by atoms with Crippen LogP contribution in [-0.2, 0) is 11.8 Å². The third kappa shape index (κ3) is 2.36. The Kier molecular flexibility index (Phi) is 3.52. The largest absolute Gasteiger partial charge is 0.396 e. The summed E-state index contributed by atoms with van der Waals surface area (Å²) in [6, 6.07) is 0. The molecule has 2 atom stereocenters. The SMILES string of the molecule is Cn1cnnc1SCC(=O)N1C[C@@H]2C(C)(C)C[C@]2(CO)C1. The highest BCUT2D eigenvalue weighted by molar-refractivity contribution is 7.99. The van der Waals surface area contributed by atoms with Gasteiger partial charge in [-0.25, -0.2) is 0 Å². The summed E-state index contributed by atoms with van der Waals surface area (Å²) < 4.78 is 1.81. The van der Waals surface area contributed by atoms with Crippen LogP contribution in [0.25, 0.3) is 0 Å². The predicted octanol–water partition coefficient (Wildman–Crippen LogP) is 0.774. The number of carbonyl (C=O) groups is 1. The minimum absolute atomic E-state index is 0.0609. The van der Waals surface area contributed by atoms with Crippen LogP contribution >= 0.6 is 11.8 Å². The third-order valence-electron chi connectivity index (χ3n) is 5.06. The molecule has 1 N–H and O–H groups in total. The van der Waals surface area contributed by atoms with Gasteiger partial charge in [-0.1, -0.05) is 25.6 Å². The second-order valence-corrected chi connectivity index (χ2v) is 7.97. The minimum Gasteiger partial charge on any atom is -0.396 e. The van der Waals surface area contributed by atoms with Crippen LogP contribution in [0.5, 0.6) is 0 Å². The zero-order valence-electron chi connectivity index (χ0n) is 12.7. The molecule has 116 valence electrons. The zero-order chi connectivity index (χ0) is 15.3. The number of nitrogens with zero attached hydrogens (tertiary/aromatic N) is 4. The number of fused-ring (bicyclic) bond motifs is 1. The minimum atomic E-state index is -0.0609. The molecule has 0 aromatic carbocycles. The van der Waals surface area contributed by atoms with Gasteiger partial charge >= 0.3 is 0 Å². The molecule has 1 aliphatic heterocycles. The summed E-state index contributed by atoms with van der Waals surface area (Å²) in [5, 5.41) is 18.3. The monoisotopic (exact) mass is 310 g/mol. The Labute approximate surface area is 128 Å². The van der Waals surface area contributed by atoms with Crippen molar-refractivity contribution in [1.29, 1.82) is 0 Å². The van der Waals surface area contributed by atoms with Crippen molar-refractivity contribution in [2.24, 2.45) is 23.8 Å². The van der Waals surface area contributed by atoms with Crippen LogP contribution in [0.3, 0.4) is 0 Å². The van der Waals surface area contributed by atoms with E-state index in [1.807, 2.05) is 16.5 Å². The summed E-state index contributed by atoms with van der Waals surface area (Å²) in [5.41, 5.74) is 0.170.